The summed E-state index contributed by atoms with van der Waals surface area (Å²) in [5, 5.41) is 8.59. The molecule has 0 amide bonds. The summed E-state index contributed by atoms with van der Waals surface area (Å²) in [6.07, 6.45) is 1.44. The highest BCUT2D eigenvalue weighted by Crippen LogP contribution is 2.18. The molecule has 0 aliphatic carbocycles. The fourth-order valence-electron chi connectivity index (χ4n) is 0.715. The molecule has 0 bridgehead atoms. The Morgan fingerprint density at radius 3 is 2.80 bits per heavy atom. The number of furan rings is 1. The van der Waals surface area contributed by atoms with Crippen LogP contribution in [-0.2, 0) is 0 Å². The van der Waals surface area contributed by atoms with E-state index in [1.54, 1.807) is 6.07 Å². The Bertz CT molecular complexity index is 209. The first-order valence-electron chi connectivity index (χ1n) is 2.95. The lowest BCUT2D eigenvalue weighted by molar-refractivity contribution is 0.252. The fraction of sp³-hybridized carbons (Fsp3) is 0.333. The summed E-state index contributed by atoms with van der Waals surface area (Å²) in [5.41, 5.74) is 11.3. The Morgan fingerprint density at radius 2 is 2.40 bits per heavy atom. The lowest BCUT2D eigenvalue weighted by Crippen LogP contribution is -2.14. The average molecular weight is 142 g/mol. The van der Waals surface area contributed by atoms with Crippen LogP contribution in [0.1, 0.15) is 11.8 Å². The van der Waals surface area contributed by atoms with Crippen molar-refractivity contribution in [3.05, 3.63) is 18.1 Å². The Balaban J connectivity index is 2.82. The van der Waals surface area contributed by atoms with E-state index in [9.17, 15) is 0 Å². The smallest absolute Gasteiger partial charge is 0.145 e. The summed E-state index contributed by atoms with van der Waals surface area (Å²) in [7, 11) is 0. The van der Waals surface area contributed by atoms with E-state index in [-0.39, 0.29) is 6.61 Å². The van der Waals surface area contributed by atoms with Crippen molar-refractivity contribution >= 4 is 5.69 Å². The summed E-state index contributed by atoms with van der Waals surface area (Å²) in [4.78, 5) is 0. The van der Waals surface area contributed by atoms with Crippen LogP contribution in [0.3, 0.4) is 0 Å². The Morgan fingerprint density at radius 1 is 1.70 bits per heavy atom. The molecular formula is C6H10N2O2. The molecule has 0 spiro atoms. The third-order valence-corrected chi connectivity index (χ3v) is 1.26. The van der Waals surface area contributed by atoms with Crippen molar-refractivity contribution in [2.75, 3.05) is 12.3 Å². The van der Waals surface area contributed by atoms with Crippen molar-refractivity contribution in [3.8, 4) is 0 Å². The van der Waals surface area contributed by atoms with Gasteiger partial charge in [0, 0.05) is 0 Å². The SMILES string of the molecule is Nc1ccoc1[C@@H](N)CO. The molecule has 0 saturated carbocycles. The van der Waals surface area contributed by atoms with E-state index >= 15 is 0 Å². The number of nitrogens with two attached hydrogens (primary N) is 2. The molecule has 0 aliphatic rings. The molecule has 5 N–H and O–H groups in total. The van der Waals surface area contributed by atoms with Crippen molar-refractivity contribution in [2.24, 2.45) is 5.73 Å². The quantitative estimate of drug-likeness (QED) is 0.536. The molecule has 0 radical (unpaired) electrons. The Labute approximate surface area is 58.4 Å². The van der Waals surface area contributed by atoms with Gasteiger partial charge in [0.1, 0.15) is 5.76 Å². The maximum atomic E-state index is 8.59. The van der Waals surface area contributed by atoms with Crippen molar-refractivity contribution in [1.82, 2.24) is 0 Å². The van der Waals surface area contributed by atoms with Gasteiger partial charge in [0.25, 0.3) is 0 Å². The van der Waals surface area contributed by atoms with Crippen molar-refractivity contribution < 1.29 is 9.52 Å². The molecule has 1 atom stereocenters. The number of nitrogen functional groups attached to an aromatic ring is 1. The van der Waals surface area contributed by atoms with E-state index in [1.165, 1.54) is 6.26 Å². The van der Waals surface area contributed by atoms with Crippen molar-refractivity contribution in [3.63, 3.8) is 0 Å². The van der Waals surface area contributed by atoms with E-state index in [0.717, 1.165) is 0 Å². The number of anilines is 1. The molecule has 0 unspecified atom stereocenters. The molecule has 10 heavy (non-hydrogen) atoms. The molecule has 1 aromatic rings. The predicted molar refractivity (Wildman–Crippen MR) is 37.1 cm³/mol. The molecule has 56 valence electrons. The highest BCUT2D eigenvalue weighted by atomic mass is 16.3. The number of hydrogen-bond donors (Lipinski definition) is 3. The van der Waals surface area contributed by atoms with Crippen molar-refractivity contribution in [1.29, 1.82) is 0 Å². The Hall–Kier alpha value is -1.00. The van der Waals surface area contributed by atoms with Gasteiger partial charge in [-0.2, -0.15) is 0 Å². The van der Waals surface area contributed by atoms with Crippen LogP contribution in [0.4, 0.5) is 5.69 Å². The molecule has 0 aromatic carbocycles. The molecular weight excluding hydrogens is 132 g/mol. The minimum absolute atomic E-state index is 0.155. The molecule has 0 aliphatic heterocycles. The number of aliphatic hydroxyl groups excluding tert-OH is 1. The lowest BCUT2D eigenvalue weighted by Gasteiger charge is -2.03. The van der Waals surface area contributed by atoms with Crippen LogP contribution in [0.2, 0.25) is 0 Å². The number of rotatable bonds is 2. The molecule has 1 aromatic heterocycles. The summed E-state index contributed by atoms with van der Waals surface area (Å²) < 4.78 is 4.91. The molecule has 0 fully saturated rings. The second-order valence-corrected chi connectivity index (χ2v) is 2.03. The minimum atomic E-state index is -0.505. The highest BCUT2D eigenvalue weighted by Gasteiger charge is 2.10. The first kappa shape index (κ1) is 7.11. The lowest BCUT2D eigenvalue weighted by atomic mass is 10.2. The van der Waals surface area contributed by atoms with E-state index in [2.05, 4.69) is 0 Å². The summed E-state index contributed by atoms with van der Waals surface area (Å²) in [6.45, 7) is -0.155. The molecule has 1 heterocycles. The minimum Gasteiger partial charge on any atom is -0.465 e. The molecule has 4 heteroatoms. The van der Waals surface area contributed by atoms with Gasteiger partial charge in [-0.3, -0.25) is 0 Å². The largest absolute Gasteiger partial charge is 0.465 e. The van der Waals surface area contributed by atoms with Crippen LogP contribution in [-0.4, -0.2) is 11.7 Å². The monoisotopic (exact) mass is 142 g/mol. The average Bonchev–Trinajstić information content (AvgIpc) is 2.34. The van der Waals surface area contributed by atoms with Crippen LogP contribution >= 0.6 is 0 Å². The molecule has 4 nitrogen and oxygen atoms in total. The zero-order chi connectivity index (χ0) is 7.56. The van der Waals surface area contributed by atoms with Gasteiger partial charge in [-0.25, -0.2) is 0 Å². The van der Waals surface area contributed by atoms with E-state index in [1.807, 2.05) is 0 Å². The van der Waals surface area contributed by atoms with Crippen molar-refractivity contribution in [2.45, 2.75) is 6.04 Å². The normalized spacial score (nSPS) is 13.4. The van der Waals surface area contributed by atoms with Gasteiger partial charge < -0.3 is 21.0 Å². The van der Waals surface area contributed by atoms with Gasteiger partial charge in [0.15, 0.2) is 0 Å². The van der Waals surface area contributed by atoms with Gasteiger partial charge >= 0.3 is 0 Å². The maximum absolute atomic E-state index is 8.59. The maximum Gasteiger partial charge on any atom is 0.145 e. The third kappa shape index (κ3) is 1.12. The summed E-state index contributed by atoms with van der Waals surface area (Å²) in [5.74, 6) is 0.447. The Kier molecular flexibility index (Phi) is 1.94. The topological polar surface area (TPSA) is 85.4 Å². The van der Waals surface area contributed by atoms with Gasteiger partial charge in [-0.15, -0.1) is 0 Å². The van der Waals surface area contributed by atoms with Crippen LogP contribution in [0.25, 0.3) is 0 Å². The summed E-state index contributed by atoms with van der Waals surface area (Å²) in [6, 6.07) is 1.10. The van der Waals surface area contributed by atoms with Crippen LogP contribution in [0, 0.1) is 0 Å². The number of aliphatic hydroxyl groups is 1. The third-order valence-electron chi connectivity index (χ3n) is 1.26. The van der Waals surface area contributed by atoms with E-state index in [0.29, 0.717) is 11.4 Å². The molecule has 0 saturated heterocycles. The first-order valence-corrected chi connectivity index (χ1v) is 2.95. The predicted octanol–water partition coefficient (Wildman–Crippen LogP) is -0.146. The zero-order valence-corrected chi connectivity index (χ0v) is 5.45. The standard InChI is InChI=1S/C6H10N2O2/c7-4-1-2-10-6(4)5(8)3-9/h1-2,5,9H,3,7-8H2/t5-/m0/s1. The molecule has 1 rings (SSSR count). The number of hydrogen-bond acceptors (Lipinski definition) is 4. The van der Waals surface area contributed by atoms with Gasteiger partial charge in [0.2, 0.25) is 0 Å². The highest BCUT2D eigenvalue weighted by molar-refractivity contribution is 5.42. The second-order valence-electron chi connectivity index (χ2n) is 2.03. The van der Waals surface area contributed by atoms with Gasteiger partial charge in [-0.1, -0.05) is 0 Å². The van der Waals surface area contributed by atoms with E-state index in [4.69, 9.17) is 21.0 Å². The zero-order valence-electron chi connectivity index (χ0n) is 5.45. The van der Waals surface area contributed by atoms with Crippen LogP contribution in [0.15, 0.2) is 16.7 Å². The van der Waals surface area contributed by atoms with Crippen LogP contribution in [0.5, 0.6) is 0 Å². The van der Waals surface area contributed by atoms with Gasteiger partial charge in [0.05, 0.1) is 24.6 Å². The van der Waals surface area contributed by atoms with E-state index < -0.39 is 6.04 Å². The summed E-state index contributed by atoms with van der Waals surface area (Å²) >= 11 is 0. The fourth-order valence-corrected chi connectivity index (χ4v) is 0.715. The second kappa shape index (κ2) is 2.72. The van der Waals surface area contributed by atoms with Gasteiger partial charge in [-0.05, 0) is 6.07 Å². The first-order chi connectivity index (χ1) is 4.75. The van der Waals surface area contributed by atoms with Crippen LogP contribution < -0.4 is 11.5 Å².